The second-order valence-corrected chi connectivity index (χ2v) is 17.3. The summed E-state index contributed by atoms with van der Waals surface area (Å²) in [7, 11) is 1.86. The van der Waals surface area contributed by atoms with E-state index in [-0.39, 0.29) is 35.3 Å². The molecule has 2 N–H and O–H groups in total. The zero-order valence-corrected chi connectivity index (χ0v) is 34.2. The highest BCUT2D eigenvalue weighted by atomic mass is 32.1. The molecule has 61 heavy (non-hydrogen) atoms. The van der Waals surface area contributed by atoms with Crippen LogP contribution in [0.4, 0.5) is 16.5 Å². The molecule has 0 saturated carbocycles. The minimum Gasteiger partial charge on any atom is -0.387 e. The number of benzene rings is 1. The van der Waals surface area contributed by atoms with Crippen molar-refractivity contribution in [3.05, 3.63) is 71.7 Å². The van der Waals surface area contributed by atoms with E-state index in [2.05, 4.69) is 46.6 Å². The number of hydrogen-bond acceptors (Lipinski definition) is 15. The Hall–Kier alpha value is -6.78. The van der Waals surface area contributed by atoms with Gasteiger partial charge in [0, 0.05) is 113 Å². The molecule has 18 nitrogen and oxygen atoms in total. The molecule has 310 valence electrons. The highest BCUT2D eigenvalue weighted by Crippen LogP contribution is 2.45. The molecule has 0 bridgehead atoms. The van der Waals surface area contributed by atoms with Crippen LogP contribution in [0.25, 0.3) is 27.4 Å². The standard InChI is InChI=1S/C42H41N13O5S/c1-44-31-18-33(54-9-6-26-16-25(19-43)20-46-36(26)54)45-21-30(31)38-48-49-41(61-38)53-23-42(24-53)7-10-52(11-8-42)35(57)22-50-12-14-51(15-13-50)27-2-3-28-29(17-27)40(60)55(39(28)59)32-4-5-34(56)47-37(32)58/h2-3,6,9,16-18,20-21,32H,4-5,7-8,10-15,22-24H2,1H3,(H,44,45)(H,47,56,58). The van der Waals surface area contributed by atoms with Gasteiger partial charge in [0.15, 0.2) is 5.01 Å². The number of rotatable bonds is 8. The first-order valence-corrected chi connectivity index (χ1v) is 21.2. The number of carbonyl (C=O) groups excluding carboxylic acids is 5. The molecular weight excluding hydrogens is 799 g/mol. The summed E-state index contributed by atoms with van der Waals surface area (Å²) < 4.78 is 1.89. The first-order chi connectivity index (χ1) is 29.6. The number of nitrogens with one attached hydrogen (secondary N) is 2. The fourth-order valence-electron chi connectivity index (χ4n) is 9.23. The van der Waals surface area contributed by atoms with Crippen molar-refractivity contribution in [2.45, 2.75) is 31.7 Å². The number of fused-ring (bicyclic) bond motifs is 2. The smallest absolute Gasteiger partial charge is 0.262 e. The van der Waals surface area contributed by atoms with E-state index in [9.17, 15) is 29.2 Å². The Morgan fingerprint density at radius 3 is 2.46 bits per heavy atom. The Bertz CT molecular complexity index is 2680. The average Bonchev–Trinajstić information content (AvgIpc) is 3.99. The molecule has 1 aromatic carbocycles. The number of aromatic nitrogens is 5. The third-order valence-corrected chi connectivity index (χ3v) is 13.7. The van der Waals surface area contributed by atoms with E-state index in [1.807, 2.05) is 47.0 Å². The number of nitrogens with zero attached hydrogens (tertiary/aromatic N) is 11. The second kappa shape index (κ2) is 15.0. The van der Waals surface area contributed by atoms with Crippen LogP contribution in [0.2, 0.25) is 0 Å². The molecule has 10 rings (SSSR count). The van der Waals surface area contributed by atoms with Crippen LogP contribution in [0.3, 0.4) is 0 Å². The van der Waals surface area contributed by atoms with Crippen molar-refractivity contribution in [2.75, 3.05) is 81.1 Å². The third-order valence-electron chi connectivity index (χ3n) is 12.7. The number of hydrogen-bond donors (Lipinski definition) is 2. The largest absolute Gasteiger partial charge is 0.387 e. The molecule has 4 fully saturated rings. The number of likely N-dealkylation sites (tertiary alicyclic amines) is 1. The highest BCUT2D eigenvalue weighted by molar-refractivity contribution is 7.18. The predicted octanol–water partition coefficient (Wildman–Crippen LogP) is 2.50. The average molecular weight is 840 g/mol. The minimum atomic E-state index is -1.00. The van der Waals surface area contributed by atoms with Crippen molar-refractivity contribution in [3.8, 4) is 22.5 Å². The summed E-state index contributed by atoms with van der Waals surface area (Å²) in [6.07, 6.45) is 7.31. The van der Waals surface area contributed by atoms with Gasteiger partial charge in [-0.1, -0.05) is 11.3 Å². The van der Waals surface area contributed by atoms with Crippen LogP contribution in [0, 0.1) is 16.7 Å². The van der Waals surface area contributed by atoms with E-state index < -0.39 is 29.7 Å². The molecule has 9 heterocycles. The quantitative estimate of drug-likeness (QED) is 0.216. The summed E-state index contributed by atoms with van der Waals surface area (Å²) >= 11 is 1.54. The minimum absolute atomic E-state index is 0.0725. The Balaban J connectivity index is 0.700. The topological polar surface area (TPSA) is 206 Å². The van der Waals surface area contributed by atoms with E-state index in [0.717, 1.165) is 82.0 Å². The van der Waals surface area contributed by atoms with Gasteiger partial charge in [0.25, 0.3) is 11.8 Å². The zero-order valence-electron chi connectivity index (χ0n) is 33.3. The van der Waals surface area contributed by atoms with Crippen molar-refractivity contribution in [2.24, 2.45) is 5.41 Å². The summed E-state index contributed by atoms with van der Waals surface area (Å²) in [5, 5.41) is 26.3. The molecule has 1 atom stereocenters. The lowest BCUT2D eigenvalue weighted by molar-refractivity contribution is -0.137. The maximum atomic E-state index is 13.5. The van der Waals surface area contributed by atoms with Crippen LogP contribution < -0.4 is 20.4 Å². The van der Waals surface area contributed by atoms with Crippen LogP contribution in [0.5, 0.6) is 0 Å². The molecule has 0 radical (unpaired) electrons. The van der Waals surface area contributed by atoms with Crippen molar-refractivity contribution in [1.82, 2.24) is 44.7 Å². The summed E-state index contributed by atoms with van der Waals surface area (Å²) in [5.74, 6) is -1.25. The van der Waals surface area contributed by atoms with Gasteiger partial charge in [0.2, 0.25) is 22.9 Å². The second-order valence-electron chi connectivity index (χ2n) is 16.3. The molecule has 1 spiro atoms. The van der Waals surface area contributed by atoms with E-state index in [1.54, 1.807) is 24.5 Å². The van der Waals surface area contributed by atoms with Gasteiger partial charge in [-0.25, -0.2) is 9.97 Å². The third kappa shape index (κ3) is 6.81. The number of anilines is 3. The first kappa shape index (κ1) is 38.4. The number of imide groups is 2. The van der Waals surface area contributed by atoms with Gasteiger partial charge in [-0.2, -0.15) is 5.26 Å². The number of nitriles is 1. The van der Waals surface area contributed by atoms with E-state index in [0.29, 0.717) is 44.1 Å². The van der Waals surface area contributed by atoms with Gasteiger partial charge >= 0.3 is 0 Å². The molecular formula is C42H41N13O5S. The lowest BCUT2D eigenvalue weighted by Crippen LogP contribution is -2.61. The van der Waals surface area contributed by atoms with E-state index in [1.165, 1.54) is 11.3 Å². The van der Waals surface area contributed by atoms with Crippen LogP contribution in [-0.2, 0) is 14.4 Å². The fourth-order valence-corrected chi connectivity index (χ4v) is 10.1. The molecule has 5 aliphatic rings. The number of pyridine rings is 2. The van der Waals surface area contributed by atoms with E-state index in [4.69, 9.17) is 4.98 Å². The fraction of sp³-hybridized carbons (Fsp3) is 0.381. The number of piperidine rings is 2. The number of amides is 5. The Morgan fingerprint density at radius 1 is 0.918 bits per heavy atom. The number of piperazine rings is 1. The number of carbonyl (C=O) groups is 5. The van der Waals surface area contributed by atoms with Gasteiger partial charge in [-0.15, -0.1) is 10.2 Å². The summed E-state index contributed by atoms with van der Waals surface area (Å²) in [6.45, 7) is 6.22. The molecule has 5 amide bonds. The molecule has 5 aliphatic heterocycles. The van der Waals surface area contributed by atoms with Gasteiger partial charge in [0.05, 0.1) is 28.8 Å². The summed E-state index contributed by atoms with van der Waals surface area (Å²) in [4.78, 5) is 82.8. The molecule has 4 aromatic heterocycles. The lowest BCUT2D eigenvalue weighted by atomic mass is 9.72. The molecule has 5 aromatic rings. The Morgan fingerprint density at radius 2 is 1.70 bits per heavy atom. The summed E-state index contributed by atoms with van der Waals surface area (Å²) in [5.41, 5.74) is 4.41. The van der Waals surface area contributed by atoms with Gasteiger partial charge in [-0.05, 0) is 49.6 Å². The zero-order chi connectivity index (χ0) is 42.0. The van der Waals surface area contributed by atoms with Gasteiger partial charge < -0.3 is 20.0 Å². The van der Waals surface area contributed by atoms with Crippen molar-refractivity contribution in [1.29, 1.82) is 5.26 Å². The van der Waals surface area contributed by atoms with Gasteiger partial charge in [-0.3, -0.25) is 43.7 Å². The summed E-state index contributed by atoms with van der Waals surface area (Å²) in [6, 6.07) is 12.0. The lowest BCUT2D eigenvalue weighted by Gasteiger charge is -2.54. The van der Waals surface area contributed by atoms with Crippen LogP contribution in [0.15, 0.2) is 55.0 Å². The monoisotopic (exact) mass is 839 g/mol. The normalized spacial score (nSPS) is 20.2. The predicted molar refractivity (Wildman–Crippen MR) is 224 cm³/mol. The highest BCUT2D eigenvalue weighted by Gasteiger charge is 2.47. The van der Waals surface area contributed by atoms with Crippen LogP contribution in [0.1, 0.15) is 52.0 Å². The van der Waals surface area contributed by atoms with Crippen LogP contribution >= 0.6 is 11.3 Å². The van der Waals surface area contributed by atoms with Crippen molar-refractivity contribution >= 4 is 68.4 Å². The maximum absolute atomic E-state index is 13.5. The molecule has 19 heteroatoms. The van der Waals surface area contributed by atoms with Crippen molar-refractivity contribution < 1.29 is 24.0 Å². The Kier molecular flexibility index (Phi) is 9.48. The molecule has 1 unspecified atom stereocenters. The molecule has 4 saturated heterocycles. The first-order valence-electron chi connectivity index (χ1n) is 20.4. The SMILES string of the molecule is CNc1cc(-n2ccc3cc(C#N)cnc32)ncc1-c1nnc(N2CC3(CCN(C(=O)CN4CCN(c5ccc6c(c5)C(=O)N(C5CCC(=O)NC5=O)C6=O)CC4)CC3)C2)s1. The van der Waals surface area contributed by atoms with Crippen LogP contribution in [-0.4, -0.2) is 141 Å². The van der Waals surface area contributed by atoms with Gasteiger partial charge in [0.1, 0.15) is 23.6 Å². The molecule has 0 aliphatic carbocycles. The maximum Gasteiger partial charge on any atom is 0.262 e. The van der Waals surface area contributed by atoms with Crippen molar-refractivity contribution in [3.63, 3.8) is 0 Å². The Labute approximate surface area is 353 Å². The van der Waals surface area contributed by atoms with E-state index >= 15 is 0 Å².